The molecule has 0 fully saturated rings. The lowest BCUT2D eigenvalue weighted by atomic mass is 10.1. The van der Waals surface area contributed by atoms with E-state index in [-0.39, 0.29) is 0 Å². The van der Waals surface area contributed by atoms with Gasteiger partial charge in [0, 0.05) is 5.56 Å². The van der Waals surface area contributed by atoms with Gasteiger partial charge >= 0.3 is 6.09 Å². The number of benzene rings is 1. The van der Waals surface area contributed by atoms with E-state index in [1.54, 1.807) is 0 Å². The van der Waals surface area contributed by atoms with Gasteiger partial charge in [0.2, 0.25) is 0 Å². The number of hydrogen-bond donors (Lipinski definition) is 1. The predicted octanol–water partition coefficient (Wildman–Crippen LogP) is 2.34. The molecule has 16 heavy (non-hydrogen) atoms. The van der Waals surface area contributed by atoms with Gasteiger partial charge in [-0.2, -0.15) is 0 Å². The van der Waals surface area contributed by atoms with Crippen LogP contribution in [0.15, 0.2) is 24.3 Å². The minimum Gasteiger partial charge on any atom is -0.486 e. The van der Waals surface area contributed by atoms with E-state index in [0.717, 1.165) is 11.3 Å². The van der Waals surface area contributed by atoms with Crippen LogP contribution in [-0.4, -0.2) is 28.2 Å². The van der Waals surface area contributed by atoms with Crippen molar-refractivity contribution in [2.75, 3.05) is 6.54 Å². The van der Waals surface area contributed by atoms with Crippen LogP contribution < -0.4 is 4.74 Å². The number of fused-ring (bicyclic) bond motifs is 1. The first kappa shape index (κ1) is 10.8. The Morgan fingerprint density at radius 3 is 2.81 bits per heavy atom. The molecule has 0 aromatic heterocycles. The van der Waals surface area contributed by atoms with Crippen molar-refractivity contribution in [2.45, 2.75) is 26.0 Å². The molecule has 1 aliphatic heterocycles. The van der Waals surface area contributed by atoms with Gasteiger partial charge in [-0.25, -0.2) is 4.79 Å². The van der Waals surface area contributed by atoms with Crippen molar-refractivity contribution in [3.63, 3.8) is 0 Å². The smallest absolute Gasteiger partial charge is 0.407 e. The normalized spacial score (nSPS) is 18.2. The molecule has 4 heteroatoms. The van der Waals surface area contributed by atoms with Crippen LogP contribution in [-0.2, 0) is 6.54 Å². The molecule has 1 heterocycles. The second-order valence-corrected chi connectivity index (χ2v) is 4.61. The molecule has 0 aliphatic carbocycles. The molecule has 0 saturated heterocycles. The first-order valence-corrected chi connectivity index (χ1v) is 5.23. The second kappa shape index (κ2) is 3.70. The molecule has 0 bridgehead atoms. The Bertz CT molecular complexity index is 414. The van der Waals surface area contributed by atoms with E-state index < -0.39 is 11.7 Å². The van der Waals surface area contributed by atoms with Crippen LogP contribution in [0.5, 0.6) is 5.75 Å². The molecule has 86 valence electrons. The number of carbonyl (C=O) groups is 1. The van der Waals surface area contributed by atoms with Gasteiger partial charge in [-0.1, -0.05) is 18.2 Å². The Labute approximate surface area is 94.4 Å². The molecular weight excluding hydrogens is 206 g/mol. The van der Waals surface area contributed by atoms with Crippen LogP contribution in [0.4, 0.5) is 4.79 Å². The van der Waals surface area contributed by atoms with Crippen LogP contribution in [0.3, 0.4) is 0 Å². The molecule has 0 saturated carbocycles. The molecule has 1 aliphatic rings. The number of hydrogen-bond acceptors (Lipinski definition) is 2. The third-order valence-corrected chi connectivity index (χ3v) is 2.56. The maximum Gasteiger partial charge on any atom is 0.407 e. The number of carboxylic acid groups (broad SMARTS) is 1. The molecule has 4 nitrogen and oxygen atoms in total. The lowest BCUT2D eigenvalue weighted by molar-refractivity contribution is 0.0671. The van der Waals surface area contributed by atoms with Gasteiger partial charge in [0.05, 0.1) is 13.1 Å². The van der Waals surface area contributed by atoms with Crippen LogP contribution in [0.25, 0.3) is 0 Å². The van der Waals surface area contributed by atoms with Crippen LogP contribution in [0.2, 0.25) is 0 Å². The molecule has 0 unspecified atom stereocenters. The Morgan fingerprint density at radius 1 is 1.44 bits per heavy atom. The first-order chi connectivity index (χ1) is 7.48. The highest BCUT2D eigenvalue weighted by Gasteiger charge is 2.31. The van der Waals surface area contributed by atoms with Crippen molar-refractivity contribution in [1.82, 2.24) is 4.90 Å². The average Bonchev–Trinajstić information content (AvgIpc) is 2.31. The second-order valence-electron chi connectivity index (χ2n) is 4.61. The van der Waals surface area contributed by atoms with E-state index in [1.165, 1.54) is 4.90 Å². The molecule has 0 spiro atoms. The zero-order chi connectivity index (χ0) is 11.8. The summed E-state index contributed by atoms with van der Waals surface area (Å²) in [6.45, 7) is 4.54. The summed E-state index contributed by atoms with van der Waals surface area (Å²) in [5.74, 6) is 0.774. The van der Waals surface area contributed by atoms with E-state index in [0.29, 0.717) is 13.1 Å². The summed E-state index contributed by atoms with van der Waals surface area (Å²) in [6, 6.07) is 7.56. The van der Waals surface area contributed by atoms with Gasteiger partial charge in [0.15, 0.2) is 0 Å². The third kappa shape index (κ3) is 2.10. The number of amides is 1. The van der Waals surface area contributed by atoms with Crippen LogP contribution in [0.1, 0.15) is 19.4 Å². The lowest BCUT2D eigenvalue weighted by Gasteiger charge is -2.27. The first-order valence-electron chi connectivity index (χ1n) is 5.23. The number of ether oxygens (including phenoxy) is 1. The van der Waals surface area contributed by atoms with Crippen molar-refractivity contribution in [1.29, 1.82) is 0 Å². The van der Waals surface area contributed by atoms with Crippen molar-refractivity contribution in [2.24, 2.45) is 0 Å². The highest BCUT2D eigenvalue weighted by atomic mass is 16.5. The van der Waals surface area contributed by atoms with Crippen molar-refractivity contribution in [3.05, 3.63) is 29.8 Å². The fourth-order valence-electron chi connectivity index (χ4n) is 1.92. The Kier molecular flexibility index (Phi) is 2.50. The summed E-state index contributed by atoms with van der Waals surface area (Å²) < 4.78 is 5.82. The average molecular weight is 221 g/mol. The topological polar surface area (TPSA) is 49.8 Å². The zero-order valence-corrected chi connectivity index (χ0v) is 9.43. The molecule has 1 N–H and O–H groups in total. The third-order valence-electron chi connectivity index (χ3n) is 2.56. The minimum atomic E-state index is -0.909. The molecule has 1 amide bonds. The van der Waals surface area contributed by atoms with Crippen molar-refractivity contribution in [3.8, 4) is 5.75 Å². The van der Waals surface area contributed by atoms with Gasteiger partial charge in [0.1, 0.15) is 11.4 Å². The maximum atomic E-state index is 11.1. The van der Waals surface area contributed by atoms with Crippen molar-refractivity contribution < 1.29 is 14.6 Å². The molecule has 0 atom stereocenters. The number of para-hydroxylation sites is 1. The Morgan fingerprint density at radius 2 is 2.12 bits per heavy atom. The summed E-state index contributed by atoms with van der Waals surface area (Å²) >= 11 is 0. The van der Waals surface area contributed by atoms with Crippen LogP contribution >= 0.6 is 0 Å². The zero-order valence-electron chi connectivity index (χ0n) is 9.43. The van der Waals surface area contributed by atoms with Gasteiger partial charge in [-0.05, 0) is 19.9 Å². The maximum absolute atomic E-state index is 11.1. The van der Waals surface area contributed by atoms with Gasteiger partial charge in [-0.3, -0.25) is 4.90 Å². The van der Waals surface area contributed by atoms with E-state index >= 15 is 0 Å². The van der Waals surface area contributed by atoms with E-state index in [1.807, 2.05) is 38.1 Å². The Hall–Kier alpha value is -1.71. The van der Waals surface area contributed by atoms with Gasteiger partial charge in [-0.15, -0.1) is 0 Å². The molecule has 2 rings (SSSR count). The summed E-state index contributed by atoms with van der Waals surface area (Å²) in [4.78, 5) is 12.5. The van der Waals surface area contributed by atoms with Crippen LogP contribution in [0, 0.1) is 0 Å². The lowest BCUT2D eigenvalue weighted by Crippen LogP contribution is -2.42. The highest BCUT2D eigenvalue weighted by molar-refractivity contribution is 5.65. The largest absolute Gasteiger partial charge is 0.486 e. The minimum absolute atomic E-state index is 0.372. The predicted molar refractivity (Wildman–Crippen MR) is 59.6 cm³/mol. The van der Waals surface area contributed by atoms with Crippen molar-refractivity contribution >= 4 is 6.09 Å². The molecule has 1 aromatic rings. The van der Waals surface area contributed by atoms with E-state index in [4.69, 9.17) is 9.84 Å². The fraction of sp³-hybridized carbons (Fsp3) is 0.417. The summed E-state index contributed by atoms with van der Waals surface area (Å²) in [7, 11) is 0. The monoisotopic (exact) mass is 221 g/mol. The highest BCUT2D eigenvalue weighted by Crippen LogP contribution is 2.28. The molecule has 1 aromatic carbocycles. The van der Waals surface area contributed by atoms with Gasteiger partial charge < -0.3 is 9.84 Å². The summed E-state index contributed by atoms with van der Waals surface area (Å²) in [5.41, 5.74) is 0.417. The Balaban J connectivity index is 2.39. The fourth-order valence-corrected chi connectivity index (χ4v) is 1.92. The molecular formula is C12H15NO3. The van der Waals surface area contributed by atoms with E-state index in [9.17, 15) is 4.79 Å². The summed E-state index contributed by atoms with van der Waals surface area (Å²) in [6.07, 6.45) is -0.909. The molecule has 0 radical (unpaired) electrons. The quantitative estimate of drug-likeness (QED) is 0.731. The SMILES string of the molecule is CC1(C)CN(C(=O)O)Cc2ccccc2O1. The number of nitrogens with zero attached hydrogens (tertiary/aromatic N) is 1. The standard InChI is InChI=1S/C12H15NO3/c1-12(2)8-13(11(14)15)7-9-5-3-4-6-10(9)16-12/h3-6H,7-8H2,1-2H3,(H,14,15). The number of rotatable bonds is 0. The van der Waals surface area contributed by atoms with Gasteiger partial charge in [0.25, 0.3) is 0 Å². The van der Waals surface area contributed by atoms with E-state index in [2.05, 4.69) is 0 Å². The summed E-state index contributed by atoms with van der Waals surface area (Å²) in [5, 5.41) is 9.09.